The number of carbonyl (C=O) groups excluding carboxylic acids is 1. The zero-order chi connectivity index (χ0) is 18.6. The van der Waals surface area contributed by atoms with Crippen molar-refractivity contribution >= 4 is 5.91 Å². The molecule has 3 heterocycles. The first-order valence-corrected chi connectivity index (χ1v) is 8.46. The van der Waals surface area contributed by atoms with Crippen LogP contribution in [0.3, 0.4) is 0 Å². The molecule has 10 heteroatoms. The van der Waals surface area contributed by atoms with Gasteiger partial charge in [-0.3, -0.25) is 4.79 Å². The molecule has 0 aliphatic carbocycles. The number of benzene rings is 1. The fourth-order valence-electron chi connectivity index (χ4n) is 2.97. The van der Waals surface area contributed by atoms with Gasteiger partial charge in [0.1, 0.15) is 12.4 Å². The minimum atomic E-state index is -0.523. The van der Waals surface area contributed by atoms with Crippen LogP contribution in [0.15, 0.2) is 43.0 Å². The fraction of sp³-hybridized carbons (Fsp3) is 0.294. The van der Waals surface area contributed by atoms with Crippen molar-refractivity contribution in [2.75, 3.05) is 13.1 Å². The van der Waals surface area contributed by atoms with Gasteiger partial charge < -0.3 is 9.64 Å². The lowest BCUT2D eigenvalue weighted by Crippen LogP contribution is -2.44. The first-order valence-electron chi connectivity index (χ1n) is 8.46. The summed E-state index contributed by atoms with van der Waals surface area (Å²) in [5.74, 6) is -0.622. The lowest BCUT2D eigenvalue weighted by atomic mass is 10.1. The maximum atomic E-state index is 12.9. The quantitative estimate of drug-likeness (QED) is 0.683. The predicted octanol–water partition coefficient (Wildman–Crippen LogP) is 1.27. The summed E-state index contributed by atoms with van der Waals surface area (Å²) in [6.07, 6.45) is 4.91. The number of nitrogens with zero attached hydrogens (tertiary/aromatic N) is 7. The van der Waals surface area contributed by atoms with Gasteiger partial charge in [0.15, 0.2) is 5.82 Å². The highest BCUT2D eigenvalue weighted by Gasteiger charge is 2.26. The molecule has 3 aromatic rings. The SMILES string of the molecule is O=C(c1cccc(-n2cnnn2)c1)N1CCCC(Oc2ncc(F)cn2)C1. The van der Waals surface area contributed by atoms with E-state index in [1.54, 1.807) is 23.1 Å². The number of hydrogen-bond donors (Lipinski definition) is 0. The number of likely N-dealkylation sites (tertiary alicyclic amines) is 1. The molecule has 9 nitrogen and oxygen atoms in total. The van der Waals surface area contributed by atoms with E-state index in [0.717, 1.165) is 25.2 Å². The van der Waals surface area contributed by atoms with E-state index in [2.05, 4.69) is 25.5 Å². The van der Waals surface area contributed by atoms with Crippen molar-refractivity contribution < 1.29 is 13.9 Å². The van der Waals surface area contributed by atoms with Gasteiger partial charge in [0.2, 0.25) is 0 Å². The molecule has 1 unspecified atom stereocenters. The highest BCUT2D eigenvalue weighted by atomic mass is 19.1. The van der Waals surface area contributed by atoms with Crippen molar-refractivity contribution in [3.8, 4) is 11.7 Å². The van der Waals surface area contributed by atoms with E-state index in [1.165, 1.54) is 11.0 Å². The van der Waals surface area contributed by atoms with Crippen LogP contribution in [0.1, 0.15) is 23.2 Å². The molecular weight excluding hydrogens is 353 g/mol. The maximum Gasteiger partial charge on any atom is 0.316 e. The van der Waals surface area contributed by atoms with Crippen LogP contribution in [0.5, 0.6) is 6.01 Å². The van der Waals surface area contributed by atoms with E-state index >= 15 is 0 Å². The third-order valence-electron chi connectivity index (χ3n) is 4.24. The molecule has 0 bridgehead atoms. The summed E-state index contributed by atoms with van der Waals surface area (Å²) in [6, 6.07) is 7.21. The van der Waals surface area contributed by atoms with Crippen LogP contribution in [-0.2, 0) is 0 Å². The highest BCUT2D eigenvalue weighted by Crippen LogP contribution is 2.18. The third kappa shape index (κ3) is 3.89. The number of piperidine rings is 1. The second kappa shape index (κ2) is 7.44. The van der Waals surface area contributed by atoms with Crippen molar-refractivity contribution in [2.24, 2.45) is 0 Å². The Morgan fingerprint density at radius 2 is 2.11 bits per heavy atom. The molecule has 2 aromatic heterocycles. The number of rotatable bonds is 4. The monoisotopic (exact) mass is 369 g/mol. The summed E-state index contributed by atoms with van der Waals surface area (Å²) in [5, 5.41) is 11.0. The second-order valence-corrected chi connectivity index (χ2v) is 6.12. The molecule has 1 aliphatic heterocycles. The van der Waals surface area contributed by atoms with Gasteiger partial charge in [-0.15, -0.1) is 5.10 Å². The van der Waals surface area contributed by atoms with E-state index in [4.69, 9.17) is 4.74 Å². The minimum absolute atomic E-state index is 0.0988. The number of tetrazole rings is 1. The number of halogens is 1. The molecule has 1 aromatic carbocycles. The summed E-state index contributed by atoms with van der Waals surface area (Å²) in [6.45, 7) is 1.05. The molecule has 27 heavy (non-hydrogen) atoms. The molecule has 0 N–H and O–H groups in total. The van der Waals surface area contributed by atoms with Gasteiger partial charge in [-0.1, -0.05) is 6.07 Å². The lowest BCUT2D eigenvalue weighted by molar-refractivity contribution is 0.0515. The predicted molar refractivity (Wildman–Crippen MR) is 90.7 cm³/mol. The Balaban J connectivity index is 1.45. The highest BCUT2D eigenvalue weighted by molar-refractivity contribution is 5.94. The molecule has 1 amide bonds. The standard InChI is InChI=1S/C17H16FN7O2/c18-13-8-19-17(20-9-13)27-15-5-2-6-24(10-15)16(26)12-3-1-4-14(7-12)25-11-21-22-23-25/h1,3-4,7-9,11,15H,2,5-6,10H2. The summed E-state index contributed by atoms with van der Waals surface area (Å²) in [4.78, 5) is 22.2. The number of aromatic nitrogens is 6. The van der Waals surface area contributed by atoms with E-state index in [1.807, 2.05) is 6.07 Å². The zero-order valence-electron chi connectivity index (χ0n) is 14.3. The third-order valence-corrected chi connectivity index (χ3v) is 4.24. The van der Waals surface area contributed by atoms with Crippen LogP contribution < -0.4 is 4.74 Å². The Bertz CT molecular complexity index is 917. The summed E-state index contributed by atoms with van der Waals surface area (Å²) in [5.41, 5.74) is 1.25. The van der Waals surface area contributed by atoms with Gasteiger partial charge in [-0.25, -0.2) is 19.0 Å². The van der Waals surface area contributed by atoms with E-state index in [9.17, 15) is 9.18 Å². The first-order chi connectivity index (χ1) is 13.2. The average Bonchev–Trinajstić information content (AvgIpc) is 3.24. The maximum absolute atomic E-state index is 12.9. The molecule has 4 rings (SSSR count). The van der Waals surface area contributed by atoms with Gasteiger partial charge in [0, 0.05) is 12.1 Å². The largest absolute Gasteiger partial charge is 0.458 e. The molecule has 0 radical (unpaired) electrons. The normalized spacial score (nSPS) is 16.9. The van der Waals surface area contributed by atoms with Crippen LogP contribution in [0.25, 0.3) is 5.69 Å². The molecule has 0 spiro atoms. The summed E-state index contributed by atoms with van der Waals surface area (Å²) in [7, 11) is 0. The Labute approximate surface area is 153 Å². The van der Waals surface area contributed by atoms with Crippen LogP contribution >= 0.6 is 0 Å². The Kier molecular flexibility index (Phi) is 4.69. The van der Waals surface area contributed by atoms with Crippen LogP contribution in [-0.4, -0.2) is 60.2 Å². The smallest absolute Gasteiger partial charge is 0.316 e. The minimum Gasteiger partial charge on any atom is -0.458 e. The van der Waals surface area contributed by atoms with Crippen molar-refractivity contribution in [3.63, 3.8) is 0 Å². The van der Waals surface area contributed by atoms with E-state index < -0.39 is 5.82 Å². The van der Waals surface area contributed by atoms with Gasteiger partial charge in [0.05, 0.1) is 24.6 Å². The molecular formula is C17H16FN7O2. The zero-order valence-corrected chi connectivity index (χ0v) is 14.3. The lowest BCUT2D eigenvalue weighted by Gasteiger charge is -2.32. The second-order valence-electron chi connectivity index (χ2n) is 6.12. The number of carbonyl (C=O) groups is 1. The van der Waals surface area contributed by atoms with Crippen molar-refractivity contribution in [1.82, 2.24) is 35.1 Å². The topological polar surface area (TPSA) is 98.9 Å². The van der Waals surface area contributed by atoms with Crippen LogP contribution in [0, 0.1) is 5.82 Å². The molecule has 0 saturated carbocycles. The molecule has 1 saturated heterocycles. The fourth-order valence-corrected chi connectivity index (χ4v) is 2.97. The van der Waals surface area contributed by atoms with Crippen molar-refractivity contribution in [3.05, 3.63) is 54.4 Å². The Hall–Kier alpha value is -3.43. The van der Waals surface area contributed by atoms with Crippen LogP contribution in [0.2, 0.25) is 0 Å². The van der Waals surface area contributed by atoms with Gasteiger partial charge >= 0.3 is 6.01 Å². The number of hydrogen-bond acceptors (Lipinski definition) is 7. The molecule has 138 valence electrons. The summed E-state index contributed by atoms with van der Waals surface area (Å²) < 4.78 is 20.1. The van der Waals surface area contributed by atoms with Crippen LogP contribution in [0.4, 0.5) is 4.39 Å². The Morgan fingerprint density at radius 1 is 1.26 bits per heavy atom. The van der Waals surface area contributed by atoms with E-state index in [0.29, 0.717) is 24.3 Å². The number of ether oxygens (including phenoxy) is 1. The molecule has 1 fully saturated rings. The van der Waals surface area contributed by atoms with Gasteiger partial charge in [-0.2, -0.15) is 0 Å². The number of amides is 1. The van der Waals surface area contributed by atoms with E-state index in [-0.39, 0.29) is 18.0 Å². The van der Waals surface area contributed by atoms with Gasteiger partial charge in [0.25, 0.3) is 5.91 Å². The van der Waals surface area contributed by atoms with Gasteiger partial charge in [-0.05, 0) is 41.5 Å². The van der Waals surface area contributed by atoms with Crippen molar-refractivity contribution in [2.45, 2.75) is 18.9 Å². The molecule has 1 atom stereocenters. The Morgan fingerprint density at radius 3 is 2.89 bits per heavy atom. The van der Waals surface area contributed by atoms with Crippen molar-refractivity contribution in [1.29, 1.82) is 0 Å². The molecule has 1 aliphatic rings. The first kappa shape index (κ1) is 17.0. The summed E-state index contributed by atoms with van der Waals surface area (Å²) >= 11 is 0. The average molecular weight is 369 g/mol.